The lowest BCUT2D eigenvalue weighted by atomic mass is 10.1. The van der Waals surface area contributed by atoms with Crippen molar-refractivity contribution in [2.45, 2.75) is 13.3 Å². The van der Waals surface area contributed by atoms with E-state index in [0.717, 1.165) is 22.0 Å². The van der Waals surface area contributed by atoms with E-state index in [1.807, 2.05) is 37.4 Å². The predicted molar refractivity (Wildman–Crippen MR) is 83.5 cm³/mol. The molecule has 3 N–H and O–H groups in total. The van der Waals surface area contributed by atoms with Gasteiger partial charge in [0.05, 0.1) is 6.42 Å². The molecule has 21 heavy (non-hydrogen) atoms. The van der Waals surface area contributed by atoms with Crippen LogP contribution >= 0.6 is 0 Å². The number of rotatable bonds is 3. The number of aromatic nitrogens is 1. The van der Waals surface area contributed by atoms with Gasteiger partial charge >= 0.3 is 0 Å². The summed E-state index contributed by atoms with van der Waals surface area (Å²) in [6.45, 7) is 1.81. The van der Waals surface area contributed by atoms with Crippen LogP contribution in [0.3, 0.4) is 0 Å². The minimum atomic E-state index is -0.108. The van der Waals surface area contributed by atoms with Crippen LogP contribution in [-0.4, -0.2) is 16.0 Å². The maximum absolute atomic E-state index is 12.1. The highest BCUT2D eigenvalue weighted by Crippen LogP contribution is 2.22. The second-order valence-electron chi connectivity index (χ2n) is 5.09. The number of carbonyl (C=O) groups is 1. The van der Waals surface area contributed by atoms with Gasteiger partial charge in [-0.1, -0.05) is 24.3 Å². The normalized spacial score (nSPS) is 10.7. The number of phenolic OH excluding ortho intramolecular Hbond substituents is 1. The first-order valence-corrected chi connectivity index (χ1v) is 6.78. The highest BCUT2D eigenvalue weighted by molar-refractivity contribution is 5.95. The van der Waals surface area contributed by atoms with Crippen molar-refractivity contribution in [3.05, 3.63) is 59.8 Å². The molecule has 0 spiro atoms. The van der Waals surface area contributed by atoms with Gasteiger partial charge in [-0.05, 0) is 30.2 Å². The van der Waals surface area contributed by atoms with E-state index in [9.17, 15) is 9.90 Å². The van der Waals surface area contributed by atoms with Crippen LogP contribution in [0.25, 0.3) is 10.9 Å². The standard InChI is InChI=1S/C17H16N2O2/c1-11-6-7-13(9-16(11)20)19-17(21)8-12-10-18-15-5-3-2-4-14(12)15/h2-7,9-10,18,20H,8H2,1H3,(H,19,21). The summed E-state index contributed by atoms with van der Waals surface area (Å²) in [6.07, 6.45) is 2.15. The molecule has 0 bridgehead atoms. The number of fused-ring (bicyclic) bond motifs is 1. The minimum absolute atomic E-state index is 0.108. The molecule has 0 saturated carbocycles. The first kappa shape index (κ1) is 13.2. The van der Waals surface area contributed by atoms with Crippen LogP contribution in [0.15, 0.2) is 48.7 Å². The molecule has 0 fully saturated rings. The van der Waals surface area contributed by atoms with Crippen molar-refractivity contribution in [2.24, 2.45) is 0 Å². The van der Waals surface area contributed by atoms with E-state index in [1.165, 1.54) is 0 Å². The Morgan fingerprint density at radius 3 is 2.86 bits per heavy atom. The summed E-state index contributed by atoms with van der Waals surface area (Å²) in [5.41, 5.74) is 3.36. The number of aryl methyl sites for hydroxylation is 1. The van der Waals surface area contributed by atoms with E-state index in [1.54, 1.807) is 18.2 Å². The Kier molecular flexibility index (Phi) is 3.36. The van der Waals surface area contributed by atoms with Gasteiger partial charge in [-0.25, -0.2) is 0 Å². The molecule has 106 valence electrons. The molecule has 0 atom stereocenters. The Bertz CT molecular complexity index is 805. The largest absolute Gasteiger partial charge is 0.508 e. The fourth-order valence-electron chi connectivity index (χ4n) is 2.34. The smallest absolute Gasteiger partial charge is 0.228 e. The SMILES string of the molecule is Cc1ccc(NC(=O)Cc2c[nH]c3ccccc23)cc1O. The first-order valence-electron chi connectivity index (χ1n) is 6.78. The number of amides is 1. The molecule has 0 radical (unpaired) electrons. The summed E-state index contributed by atoms with van der Waals surface area (Å²) in [4.78, 5) is 15.3. The number of aromatic hydroxyl groups is 1. The van der Waals surface area contributed by atoms with Crippen molar-refractivity contribution < 1.29 is 9.90 Å². The van der Waals surface area contributed by atoms with E-state index in [2.05, 4.69) is 10.3 Å². The quantitative estimate of drug-likeness (QED) is 0.688. The van der Waals surface area contributed by atoms with Gasteiger partial charge in [-0.3, -0.25) is 4.79 Å². The van der Waals surface area contributed by atoms with Crippen LogP contribution in [0.2, 0.25) is 0 Å². The minimum Gasteiger partial charge on any atom is -0.508 e. The van der Waals surface area contributed by atoms with E-state index in [-0.39, 0.29) is 11.7 Å². The Morgan fingerprint density at radius 2 is 2.05 bits per heavy atom. The predicted octanol–water partition coefficient (Wildman–Crippen LogP) is 3.36. The van der Waals surface area contributed by atoms with Crippen molar-refractivity contribution in [3.8, 4) is 5.75 Å². The molecule has 0 unspecified atom stereocenters. The van der Waals surface area contributed by atoms with Crippen molar-refractivity contribution in [1.82, 2.24) is 4.98 Å². The average molecular weight is 280 g/mol. The molecule has 4 nitrogen and oxygen atoms in total. The maximum atomic E-state index is 12.1. The molecule has 0 aliphatic rings. The van der Waals surface area contributed by atoms with Gasteiger partial charge in [0.15, 0.2) is 0 Å². The summed E-state index contributed by atoms with van der Waals surface area (Å²) < 4.78 is 0. The second-order valence-corrected chi connectivity index (χ2v) is 5.09. The van der Waals surface area contributed by atoms with Gasteiger partial charge in [-0.2, -0.15) is 0 Å². The monoisotopic (exact) mass is 280 g/mol. The average Bonchev–Trinajstić information content (AvgIpc) is 2.86. The fraction of sp³-hybridized carbons (Fsp3) is 0.118. The van der Waals surface area contributed by atoms with Crippen LogP contribution in [0.5, 0.6) is 5.75 Å². The van der Waals surface area contributed by atoms with E-state index < -0.39 is 0 Å². The zero-order valence-electron chi connectivity index (χ0n) is 11.7. The fourth-order valence-corrected chi connectivity index (χ4v) is 2.34. The Balaban J connectivity index is 1.75. The third kappa shape index (κ3) is 2.74. The van der Waals surface area contributed by atoms with Crippen molar-refractivity contribution in [3.63, 3.8) is 0 Å². The number of hydrogen-bond donors (Lipinski definition) is 3. The molecule has 3 aromatic rings. The van der Waals surface area contributed by atoms with Gasteiger partial charge in [0.25, 0.3) is 0 Å². The topological polar surface area (TPSA) is 65.1 Å². The number of anilines is 1. The number of nitrogens with one attached hydrogen (secondary N) is 2. The third-order valence-corrected chi connectivity index (χ3v) is 3.52. The number of para-hydroxylation sites is 1. The van der Waals surface area contributed by atoms with Crippen molar-refractivity contribution in [1.29, 1.82) is 0 Å². The second kappa shape index (κ2) is 5.32. The lowest BCUT2D eigenvalue weighted by molar-refractivity contribution is -0.115. The summed E-state index contributed by atoms with van der Waals surface area (Å²) in [5.74, 6) is 0.0721. The zero-order valence-corrected chi connectivity index (χ0v) is 11.7. The molecule has 4 heteroatoms. The zero-order chi connectivity index (χ0) is 14.8. The molecule has 0 aliphatic carbocycles. The van der Waals surface area contributed by atoms with Gasteiger partial charge in [-0.15, -0.1) is 0 Å². The van der Waals surface area contributed by atoms with Crippen LogP contribution in [-0.2, 0) is 11.2 Å². The number of H-pyrrole nitrogens is 1. The summed E-state index contributed by atoms with van der Waals surface area (Å²) in [7, 11) is 0. The number of benzene rings is 2. The van der Waals surface area contributed by atoms with Crippen LogP contribution < -0.4 is 5.32 Å². The van der Waals surface area contributed by atoms with E-state index >= 15 is 0 Å². The van der Waals surface area contributed by atoms with E-state index in [0.29, 0.717) is 12.1 Å². The first-order chi connectivity index (χ1) is 10.1. The van der Waals surface area contributed by atoms with Gasteiger partial charge in [0.1, 0.15) is 5.75 Å². The molecular formula is C17H16N2O2. The molecule has 0 saturated heterocycles. The highest BCUT2D eigenvalue weighted by atomic mass is 16.3. The summed E-state index contributed by atoms with van der Waals surface area (Å²) >= 11 is 0. The van der Waals surface area contributed by atoms with Crippen molar-refractivity contribution in [2.75, 3.05) is 5.32 Å². The number of aromatic amines is 1. The molecule has 0 aliphatic heterocycles. The molecule has 1 aromatic heterocycles. The highest BCUT2D eigenvalue weighted by Gasteiger charge is 2.09. The van der Waals surface area contributed by atoms with Crippen LogP contribution in [0, 0.1) is 6.92 Å². The van der Waals surface area contributed by atoms with E-state index in [4.69, 9.17) is 0 Å². The summed E-state index contributed by atoms with van der Waals surface area (Å²) in [6, 6.07) is 13.0. The number of carbonyl (C=O) groups excluding carboxylic acids is 1. The third-order valence-electron chi connectivity index (χ3n) is 3.52. The lowest BCUT2D eigenvalue weighted by Crippen LogP contribution is -2.14. The number of phenols is 1. The molecule has 1 amide bonds. The number of hydrogen-bond acceptors (Lipinski definition) is 2. The molecular weight excluding hydrogens is 264 g/mol. The van der Waals surface area contributed by atoms with Gasteiger partial charge in [0, 0.05) is 28.9 Å². The van der Waals surface area contributed by atoms with Crippen LogP contribution in [0.4, 0.5) is 5.69 Å². The van der Waals surface area contributed by atoms with Crippen molar-refractivity contribution >= 4 is 22.5 Å². The Morgan fingerprint density at radius 1 is 1.24 bits per heavy atom. The van der Waals surface area contributed by atoms with Gasteiger partial charge in [0.2, 0.25) is 5.91 Å². The molecule has 3 rings (SSSR count). The Labute approximate surface area is 122 Å². The maximum Gasteiger partial charge on any atom is 0.228 e. The Hall–Kier alpha value is -2.75. The van der Waals surface area contributed by atoms with Gasteiger partial charge < -0.3 is 15.4 Å². The molecule has 2 aromatic carbocycles. The van der Waals surface area contributed by atoms with Crippen LogP contribution in [0.1, 0.15) is 11.1 Å². The molecule has 1 heterocycles. The lowest BCUT2D eigenvalue weighted by Gasteiger charge is -2.06. The summed E-state index contributed by atoms with van der Waals surface area (Å²) in [5, 5.41) is 13.5.